The van der Waals surface area contributed by atoms with Gasteiger partial charge in [-0.1, -0.05) is 6.92 Å². The van der Waals surface area contributed by atoms with E-state index in [4.69, 9.17) is 14.7 Å². The van der Waals surface area contributed by atoms with Crippen molar-refractivity contribution in [2.75, 3.05) is 49.3 Å². The molecule has 0 radical (unpaired) electrons. The number of morpholine rings is 1. The van der Waals surface area contributed by atoms with E-state index in [1.165, 1.54) is 25.0 Å². The summed E-state index contributed by atoms with van der Waals surface area (Å²) in [6.45, 7) is 6.48. The number of rotatable bonds is 7. The van der Waals surface area contributed by atoms with E-state index in [9.17, 15) is 0 Å². The maximum atomic E-state index is 5.54. The highest BCUT2D eigenvalue weighted by atomic mass is 32.2. The van der Waals surface area contributed by atoms with Crippen molar-refractivity contribution in [1.82, 2.24) is 9.97 Å². The fraction of sp³-hybridized carbons (Fsp3) is 0.545. The number of aromatic nitrogens is 2. The molecule has 0 bridgehead atoms. The number of nitrogens with zero attached hydrogens (tertiary/aromatic N) is 3. The van der Waals surface area contributed by atoms with Gasteiger partial charge in [0.25, 0.3) is 0 Å². The van der Waals surface area contributed by atoms with Crippen LogP contribution < -0.4 is 10.2 Å². The van der Waals surface area contributed by atoms with Gasteiger partial charge in [-0.3, -0.25) is 0 Å². The minimum Gasteiger partial charge on any atom is -0.385 e. The quantitative estimate of drug-likeness (QED) is 0.739. The van der Waals surface area contributed by atoms with E-state index < -0.39 is 0 Å². The van der Waals surface area contributed by atoms with Crippen LogP contribution in [0.1, 0.15) is 38.3 Å². The summed E-state index contributed by atoms with van der Waals surface area (Å²) >= 11 is 1.94. The van der Waals surface area contributed by atoms with Crippen LogP contribution in [0.3, 0.4) is 0 Å². The molecule has 2 aliphatic rings. The first-order valence-electron chi connectivity index (χ1n) is 10.4. The fourth-order valence-electron chi connectivity index (χ4n) is 3.82. The van der Waals surface area contributed by atoms with E-state index in [1.54, 1.807) is 0 Å². The molecule has 2 fully saturated rings. The lowest BCUT2D eigenvalue weighted by molar-refractivity contribution is 0.122. The lowest BCUT2D eigenvalue weighted by Gasteiger charge is -2.40. The van der Waals surface area contributed by atoms with Gasteiger partial charge in [0.15, 0.2) is 5.82 Å². The van der Waals surface area contributed by atoms with Crippen molar-refractivity contribution in [2.24, 2.45) is 0 Å². The molecule has 0 unspecified atom stereocenters. The second kappa shape index (κ2) is 8.70. The summed E-state index contributed by atoms with van der Waals surface area (Å²) in [6, 6.07) is 10.7. The van der Waals surface area contributed by atoms with E-state index in [0.717, 1.165) is 62.2 Å². The van der Waals surface area contributed by atoms with Crippen molar-refractivity contribution in [3.05, 3.63) is 36.0 Å². The zero-order valence-corrected chi connectivity index (χ0v) is 17.7. The zero-order valence-electron chi connectivity index (χ0n) is 16.9. The highest BCUT2D eigenvalue weighted by Crippen LogP contribution is 2.51. The molecule has 0 amide bonds. The Morgan fingerprint density at radius 3 is 2.50 bits per heavy atom. The molecule has 1 saturated heterocycles. The second-order valence-electron chi connectivity index (χ2n) is 7.59. The van der Waals surface area contributed by atoms with Gasteiger partial charge in [0, 0.05) is 37.0 Å². The van der Waals surface area contributed by atoms with Gasteiger partial charge in [-0.05, 0) is 56.2 Å². The number of hydrogen-bond donors (Lipinski definition) is 1. The van der Waals surface area contributed by atoms with Crippen molar-refractivity contribution in [3.8, 4) is 11.4 Å². The lowest BCUT2D eigenvalue weighted by Crippen LogP contribution is -2.38. The van der Waals surface area contributed by atoms with Crippen LogP contribution in [0.5, 0.6) is 0 Å². The van der Waals surface area contributed by atoms with E-state index in [2.05, 4.69) is 53.7 Å². The Bertz CT molecular complexity index is 780. The Balaban J connectivity index is 1.69. The van der Waals surface area contributed by atoms with E-state index in [-0.39, 0.29) is 4.75 Å². The summed E-state index contributed by atoms with van der Waals surface area (Å²) in [5.74, 6) is 1.87. The summed E-state index contributed by atoms with van der Waals surface area (Å²) in [4.78, 5) is 12.3. The van der Waals surface area contributed by atoms with E-state index >= 15 is 0 Å². The van der Waals surface area contributed by atoms with Crippen LogP contribution in [-0.4, -0.2) is 49.1 Å². The largest absolute Gasteiger partial charge is 0.385 e. The molecule has 1 aliphatic carbocycles. The number of anilines is 2. The van der Waals surface area contributed by atoms with Crippen LogP contribution in [-0.2, 0) is 9.48 Å². The average molecular weight is 399 g/mol. The summed E-state index contributed by atoms with van der Waals surface area (Å²) in [7, 11) is 0. The van der Waals surface area contributed by atoms with Crippen molar-refractivity contribution in [3.63, 3.8) is 0 Å². The van der Waals surface area contributed by atoms with Gasteiger partial charge in [0.2, 0.25) is 0 Å². The summed E-state index contributed by atoms with van der Waals surface area (Å²) in [5, 5.41) is 3.43. The lowest BCUT2D eigenvalue weighted by atomic mass is 9.81. The highest BCUT2D eigenvalue weighted by molar-refractivity contribution is 7.99. The number of benzene rings is 1. The van der Waals surface area contributed by atoms with Gasteiger partial charge in [0.1, 0.15) is 5.82 Å². The number of thioether (sulfide) groups is 1. The normalized spacial score (nSPS) is 18.6. The Labute approximate surface area is 172 Å². The van der Waals surface area contributed by atoms with E-state index in [1.807, 2.05) is 11.8 Å². The standard InChI is InChI=1S/C22H30N4OS/c1-3-11-23-18-7-5-17(6-8-18)21-24-19(22(28-2)9-4-10-22)16-20(25-21)26-12-14-27-15-13-26/h5-8,16,23H,3-4,9-15H2,1-2H3. The molecule has 0 atom stereocenters. The van der Waals surface area contributed by atoms with Crippen LogP contribution >= 0.6 is 11.8 Å². The molecule has 150 valence electrons. The third-order valence-electron chi connectivity index (χ3n) is 5.79. The molecule has 0 spiro atoms. The van der Waals surface area contributed by atoms with Gasteiger partial charge in [-0.2, -0.15) is 11.8 Å². The first-order chi connectivity index (χ1) is 13.7. The minimum atomic E-state index is 0.154. The van der Waals surface area contributed by atoms with Crippen LogP contribution in [0.2, 0.25) is 0 Å². The second-order valence-corrected chi connectivity index (χ2v) is 8.78. The molecule has 1 N–H and O–H groups in total. The van der Waals surface area contributed by atoms with Gasteiger partial charge in [-0.15, -0.1) is 0 Å². The molecule has 1 aromatic heterocycles. The Kier molecular flexibility index (Phi) is 6.07. The molecule has 28 heavy (non-hydrogen) atoms. The molecule has 1 aliphatic heterocycles. The SMILES string of the molecule is CCCNc1ccc(-c2nc(N3CCOCC3)cc(C3(SC)CCC3)n2)cc1. The van der Waals surface area contributed by atoms with Crippen LogP contribution in [0.4, 0.5) is 11.5 Å². The Hall–Kier alpha value is -1.79. The summed E-state index contributed by atoms with van der Waals surface area (Å²) in [6.07, 6.45) is 7.01. The van der Waals surface area contributed by atoms with Crippen molar-refractivity contribution in [1.29, 1.82) is 0 Å². The Morgan fingerprint density at radius 2 is 1.89 bits per heavy atom. The molecule has 2 heterocycles. The summed E-state index contributed by atoms with van der Waals surface area (Å²) < 4.78 is 5.69. The van der Waals surface area contributed by atoms with Crippen molar-refractivity contribution in [2.45, 2.75) is 37.4 Å². The third kappa shape index (κ3) is 3.98. The molecular formula is C22H30N4OS. The zero-order chi connectivity index (χ0) is 19.4. The monoisotopic (exact) mass is 398 g/mol. The van der Waals surface area contributed by atoms with Crippen LogP contribution in [0, 0.1) is 0 Å². The molecule has 2 aromatic rings. The first-order valence-corrected chi connectivity index (χ1v) is 11.6. The third-order valence-corrected chi connectivity index (χ3v) is 7.19. The average Bonchev–Trinajstić information content (AvgIpc) is 2.73. The topological polar surface area (TPSA) is 50.3 Å². The molecule has 5 nitrogen and oxygen atoms in total. The predicted octanol–water partition coefficient (Wildman–Crippen LogP) is 4.54. The first kappa shape index (κ1) is 19.5. The number of ether oxygens (including phenoxy) is 1. The maximum absolute atomic E-state index is 5.54. The number of hydrogen-bond acceptors (Lipinski definition) is 6. The fourth-order valence-corrected chi connectivity index (χ4v) is 4.83. The van der Waals surface area contributed by atoms with Crippen molar-refractivity contribution < 1.29 is 4.74 Å². The highest BCUT2D eigenvalue weighted by Gasteiger charge is 2.40. The Morgan fingerprint density at radius 1 is 1.14 bits per heavy atom. The molecule has 6 heteroatoms. The predicted molar refractivity (Wildman–Crippen MR) is 118 cm³/mol. The minimum absolute atomic E-state index is 0.154. The van der Waals surface area contributed by atoms with Gasteiger partial charge >= 0.3 is 0 Å². The summed E-state index contributed by atoms with van der Waals surface area (Å²) in [5.41, 5.74) is 3.41. The number of nitrogens with one attached hydrogen (secondary N) is 1. The van der Waals surface area contributed by atoms with Gasteiger partial charge in [-0.25, -0.2) is 9.97 Å². The molecule has 1 saturated carbocycles. The van der Waals surface area contributed by atoms with Crippen LogP contribution in [0.15, 0.2) is 30.3 Å². The van der Waals surface area contributed by atoms with Crippen molar-refractivity contribution >= 4 is 23.3 Å². The van der Waals surface area contributed by atoms with E-state index in [0.29, 0.717) is 0 Å². The molecular weight excluding hydrogens is 368 g/mol. The van der Waals surface area contributed by atoms with Gasteiger partial charge in [0.05, 0.1) is 23.7 Å². The smallest absolute Gasteiger partial charge is 0.161 e. The van der Waals surface area contributed by atoms with Gasteiger partial charge < -0.3 is 15.0 Å². The van der Waals surface area contributed by atoms with Crippen LogP contribution in [0.25, 0.3) is 11.4 Å². The molecule has 4 rings (SSSR count). The molecule has 1 aromatic carbocycles. The maximum Gasteiger partial charge on any atom is 0.161 e.